The van der Waals surface area contributed by atoms with Gasteiger partial charge in [-0.05, 0) is 32.0 Å². The number of methoxy groups -OCH3 is 1. The summed E-state index contributed by atoms with van der Waals surface area (Å²) in [7, 11) is 1.27. The van der Waals surface area contributed by atoms with Gasteiger partial charge in [0.25, 0.3) is 5.56 Å². The number of nitrogens with zero attached hydrogens (tertiary/aromatic N) is 2. The molecule has 8 nitrogen and oxygen atoms in total. The number of thioether (sulfide) groups is 1. The topological polar surface area (TPSA) is 111 Å². The molecule has 0 unspecified atom stereocenters. The van der Waals surface area contributed by atoms with Crippen molar-refractivity contribution < 1.29 is 19.4 Å². The lowest BCUT2D eigenvalue weighted by atomic mass is 10.1. The first kappa shape index (κ1) is 21.6. The maximum atomic E-state index is 12.9. The Morgan fingerprint density at radius 1 is 1.43 bits per heavy atom. The molecule has 0 saturated carbocycles. The average molecular weight is 405 g/mol. The van der Waals surface area contributed by atoms with Crippen molar-refractivity contribution in [2.75, 3.05) is 13.7 Å². The van der Waals surface area contributed by atoms with Crippen LogP contribution in [0, 0.1) is 0 Å². The quantitative estimate of drug-likeness (QED) is 0.295. The number of rotatable bonds is 8. The van der Waals surface area contributed by atoms with Crippen LogP contribution in [0.25, 0.3) is 10.9 Å². The minimum absolute atomic E-state index is 0.0316. The Labute approximate surface area is 166 Å². The molecule has 0 saturated heterocycles. The van der Waals surface area contributed by atoms with Crippen LogP contribution in [-0.2, 0) is 16.1 Å². The molecule has 0 fully saturated rings. The Kier molecular flexibility index (Phi) is 7.36. The van der Waals surface area contributed by atoms with Crippen LogP contribution >= 0.6 is 11.8 Å². The van der Waals surface area contributed by atoms with E-state index in [0.717, 1.165) is 11.8 Å². The van der Waals surface area contributed by atoms with Gasteiger partial charge in [0.1, 0.15) is 0 Å². The molecule has 0 bridgehead atoms. The van der Waals surface area contributed by atoms with E-state index in [2.05, 4.69) is 16.9 Å². The molecule has 0 aliphatic rings. The van der Waals surface area contributed by atoms with Gasteiger partial charge in [-0.3, -0.25) is 14.2 Å². The predicted octanol–water partition coefficient (Wildman–Crippen LogP) is 1.35. The van der Waals surface area contributed by atoms with Gasteiger partial charge in [-0.25, -0.2) is 9.78 Å². The minimum Gasteiger partial charge on any atom is -0.465 e. The van der Waals surface area contributed by atoms with Crippen molar-refractivity contribution in [2.45, 2.75) is 36.9 Å². The van der Waals surface area contributed by atoms with E-state index >= 15 is 0 Å². The van der Waals surface area contributed by atoms with E-state index in [1.54, 1.807) is 19.9 Å². The first-order chi connectivity index (χ1) is 13.3. The fourth-order valence-electron chi connectivity index (χ4n) is 2.49. The van der Waals surface area contributed by atoms with Crippen molar-refractivity contribution in [3.05, 3.63) is 46.8 Å². The van der Waals surface area contributed by atoms with Crippen LogP contribution in [0.15, 0.2) is 40.8 Å². The normalized spacial score (nSPS) is 13.0. The second kappa shape index (κ2) is 9.52. The number of benzene rings is 1. The van der Waals surface area contributed by atoms with E-state index in [9.17, 15) is 19.5 Å². The molecular weight excluding hydrogens is 382 g/mol. The third-order valence-corrected chi connectivity index (χ3v) is 4.95. The zero-order valence-corrected chi connectivity index (χ0v) is 16.8. The van der Waals surface area contributed by atoms with Crippen molar-refractivity contribution in [3.8, 4) is 0 Å². The Morgan fingerprint density at radius 3 is 2.75 bits per heavy atom. The van der Waals surface area contributed by atoms with Crippen LogP contribution in [0.4, 0.5) is 0 Å². The van der Waals surface area contributed by atoms with E-state index in [1.165, 1.54) is 29.9 Å². The number of carbonyl (C=O) groups is 2. The molecule has 150 valence electrons. The standard InChI is InChI=1S/C19H23N3O5S/c1-5-8-20-16(24)12(3)28-19-21-15-9-13(18(26)27-4)6-7-14(15)17(25)22(19)10-11(2)23/h5-7,9,11-12,23H,1,8,10H2,2-4H3,(H,20,24)/t11-,12+/m1/s1. The SMILES string of the molecule is C=CCNC(=O)[C@H](C)Sc1nc2cc(C(=O)OC)ccc2c(=O)n1C[C@@H](C)O. The van der Waals surface area contributed by atoms with Gasteiger partial charge in [-0.2, -0.15) is 0 Å². The number of nitrogens with one attached hydrogen (secondary N) is 1. The summed E-state index contributed by atoms with van der Waals surface area (Å²) in [6, 6.07) is 4.47. The molecule has 2 aromatic rings. The zero-order valence-electron chi connectivity index (χ0n) is 16.0. The second-order valence-electron chi connectivity index (χ2n) is 6.18. The Hall–Kier alpha value is -2.65. The molecule has 28 heavy (non-hydrogen) atoms. The van der Waals surface area contributed by atoms with Crippen molar-refractivity contribution in [3.63, 3.8) is 0 Å². The summed E-state index contributed by atoms with van der Waals surface area (Å²) in [5, 5.41) is 12.5. The van der Waals surface area contributed by atoms with E-state index in [0.29, 0.717) is 17.4 Å². The highest BCUT2D eigenvalue weighted by atomic mass is 32.2. The van der Waals surface area contributed by atoms with Crippen LogP contribution in [0.5, 0.6) is 0 Å². The van der Waals surface area contributed by atoms with Gasteiger partial charge in [-0.1, -0.05) is 17.8 Å². The second-order valence-corrected chi connectivity index (χ2v) is 7.48. The summed E-state index contributed by atoms with van der Waals surface area (Å²) in [5.74, 6) is -0.769. The molecule has 0 radical (unpaired) electrons. The van der Waals surface area contributed by atoms with Crippen molar-refractivity contribution in [1.29, 1.82) is 0 Å². The first-order valence-corrected chi connectivity index (χ1v) is 9.52. The first-order valence-electron chi connectivity index (χ1n) is 8.64. The monoisotopic (exact) mass is 405 g/mol. The van der Waals surface area contributed by atoms with Gasteiger partial charge in [-0.15, -0.1) is 6.58 Å². The minimum atomic E-state index is -0.782. The molecular formula is C19H23N3O5S. The van der Waals surface area contributed by atoms with Gasteiger partial charge in [0.05, 0.1) is 41.5 Å². The number of aliphatic hydroxyl groups excluding tert-OH is 1. The lowest BCUT2D eigenvalue weighted by Crippen LogP contribution is -2.33. The molecule has 2 N–H and O–H groups in total. The molecule has 0 aliphatic carbocycles. The van der Waals surface area contributed by atoms with Gasteiger partial charge < -0.3 is 15.2 Å². The van der Waals surface area contributed by atoms with E-state index in [4.69, 9.17) is 4.74 Å². The van der Waals surface area contributed by atoms with Crippen molar-refractivity contribution >= 4 is 34.5 Å². The summed E-state index contributed by atoms with van der Waals surface area (Å²) < 4.78 is 6.05. The number of hydrogen-bond acceptors (Lipinski definition) is 7. The number of esters is 1. The van der Waals surface area contributed by atoms with Crippen LogP contribution < -0.4 is 10.9 Å². The summed E-state index contributed by atoms with van der Waals surface area (Å²) in [4.78, 5) is 41.3. The summed E-state index contributed by atoms with van der Waals surface area (Å²) in [5.41, 5.74) is 0.224. The maximum Gasteiger partial charge on any atom is 0.337 e. The van der Waals surface area contributed by atoms with E-state index in [-0.39, 0.29) is 28.7 Å². The number of amides is 1. The van der Waals surface area contributed by atoms with Gasteiger partial charge in [0.2, 0.25) is 5.91 Å². The lowest BCUT2D eigenvalue weighted by Gasteiger charge is -2.17. The molecule has 1 aromatic heterocycles. The molecule has 1 aromatic carbocycles. The number of aliphatic hydroxyl groups is 1. The summed E-state index contributed by atoms with van der Waals surface area (Å²) in [6.45, 7) is 7.17. The molecule has 9 heteroatoms. The third-order valence-electron chi connectivity index (χ3n) is 3.86. The van der Waals surface area contributed by atoms with Crippen LogP contribution in [-0.4, -0.2) is 51.5 Å². The highest BCUT2D eigenvalue weighted by molar-refractivity contribution is 8.00. The maximum absolute atomic E-state index is 12.9. The van der Waals surface area contributed by atoms with Crippen LogP contribution in [0.1, 0.15) is 24.2 Å². The summed E-state index contributed by atoms with van der Waals surface area (Å²) >= 11 is 1.10. The van der Waals surface area contributed by atoms with Gasteiger partial charge >= 0.3 is 5.97 Å². The lowest BCUT2D eigenvalue weighted by molar-refractivity contribution is -0.120. The highest BCUT2D eigenvalue weighted by Gasteiger charge is 2.20. The fourth-order valence-corrected chi connectivity index (χ4v) is 3.43. The van der Waals surface area contributed by atoms with Crippen LogP contribution in [0.2, 0.25) is 0 Å². The van der Waals surface area contributed by atoms with Gasteiger partial charge in [0.15, 0.2) is 5.16 Å². The van der Waals surface area contributed by atoms with Crippen molar-refractivity contribution in [2.24, 2.45) is 0 Å². The number of ether oxygens (including phenoxy) is 1. The Morgan fingerprint density at radius 2 is 2.14 bits per heavy atom. The Bertz CT molecular complexity index is 954. The van der Waals surface area contributed by atoms with Crippen molar-refractivity contribution in [1.82, 2.24) is 14.9 Å². The summed E-state index contributed by atoms with van der Waals surface area (Å²) in [6.07, 6.45) is 0.789. The van der Waals surface area contributed by atoms with Crippen LogP contribution in [0.3, 0.4) is 0 Å². The van der Waals surface area contributed by atoms with Gasteiger partial charge in [0, 0.05) is 6.54 Å². The predicted molar refractivity (Wildman–Crippen MR) is 108 cm³/mol. The number of hydrogen-bond donors (Lipinski definition) is 2. The Balaban J connectivity index is 2.53. The zero-order chi connectivity index (χ0) is 20.8. The van der Waals surface area contributed by atoms with E-state index < -0.39 is 17.3 Å². The molecule has 2 rings (SSSR count). The molecule has 1 amide bonds. The van der Waals surface area contributed by atoms with E-state index in [1.807, 2.05) is 0 Å². The molecule has 0 spiro atoms. The molecule has 1 heterocycles. The molecule has 0 aliphatic heterocycles. The third kappa shape index (κ3) is 4.99. The number of fused-ring (bicyclic) bond motifs is 1. The average Bonchev–Trinajstić information content (AvgIpc) is 2.67. The molecule has 2 atom stereocenters. The number of carbonyl (C=O) groups excluding carboxylic acids is 2. The highest BCUT2D eigenvalue weighted by Crippen LogP contribution is 2.23. The smallest absolute Gasteiger partial charge is 0.337 e. The fraction of sp³-hybridized carbons (Fsp3) is 0.368. The largest absolute Gasteiger partial charge is 0.465 e. The number of aromatic nitrogens is 2.